The van der Waals surface area contributed by atoms with Gasteiger partial charge in [-0.1, -0.05) is 0 Å². The van der Waals surface area contributed by atoms with Gasteiger partial charge in [-0.05, 0) is 6.92 Å². The summed E-state index contributed by atoms with van der Waals surface area (Å²) in [5.74, 6) is -0.502. The summed E-state index contributed by atoms with van der Waals surface area (Å²) in [6.07, 6.45) is 0. The third-order valence-electron chi connectivity index (χ3n) is 1.37. The molecule has 0 saturated carbocycles. The van der Waals surface area contributed by atoms with Crippen LogP contribution in [-0.2, 0) is 9.63 Å². The van der Waals surface area contributed by atoms with Crippen LogP contribution in [0, 0.1) is 0 Å². The molecule has 13 heavy (non-hydrogen) atoms. The van der Waals surface area contributed by atoms with E-state index in [0.29, 0.717) is 0 Å². The van der Waals surface area contributed by atoms with Gasteiger partial charge < -0.3 is 5.73 Å². The first-order valence-corrected chi connectivity index (χ1v) is 4.68. The molecule has 5 nitrogen and oxygen atoms in total. The lowest BCUT2D eigenvalue weighted by Gasteiger charge is -2.09. The number of hydroxylamine groups is 1. The Morgan fingerprint density at radius 3 is 3.23 bits per heavy atom. The molecule has 0 saturated heterocycles. The molecule has 0 aliphatic heterocycles. The molecule has 0 bridgehead atoms. The van der Waals surface area contributed by atoms with Crippen LogP contribution < -0.4 is 11.2 Å². The van der Waals surface area contributed by atoms with Crippen molar-refractivity contribution in [3.63, 3.8) is 0 Å². The normalized spacial score (nSPS) is 12.7. The highest BCUT2D eigenvalue weighted by Gasteiger charge is 2.06. The summed E-state index contributed by atoms with van der Waals surface area (Å²) in [5.41, 5.74) is 10.2. The predicted molar refractivity (Wildman–Crippen MR) is 48.8 cm³/mol. The van der Waals surface area contributed by atoms with E-state index in [1.165, 1.54) is 11.3 Å². The lowest BCUT2D eigenvalue weighted by atomic mass is 10.3. The number of aromatic nitrogens is 1. The quantitative estimate of drug-likeness (QED) is 0.668. The Morgan fingerprint density at radius 1 is 1.92 bits per heavy atom. The van der Waals surface area contributed by atoms with Gasteiger partial charge in [-0.3, -0.25) is 9.63 Å². The molecule has 0 aliphatic carbocycles. The number of hydrogen-bond acceptors (Lipinski definition) is 5. The minimum atomic E-state index is -0.502. The second kappa shape index (κ2) is 4.90. The van der Waals surface area contributed by atoms with Crippen LogP contribution in [0.4, 0.5) is 0 Å². The van der Waals surface area contributed by atoms with E-state index in [4.69, 9.17) is 10.6 Å². The molecule has 1 aromatic heterocycles. The van der Waals surface area contributed by atoms with Crippen molar-refractivity contribution >= 4 is 17.2 Å². The number of amides is 1. The number of carbonyl (C=O) groups excluding carboxylic acids is 1. The first-order valence-electron chi connectivity index (χ1n) is 3.74. The van der Waals surface area contributed by atoms with Crippen LogP contribution in [-0.4, -0.2) is 17.5 Å². The van der Waals surface area contributed by atoms with Crippen LogP contribution in [0.25, 0.3) is 0 Å². The number of nitrogens with zero attached hydrogens (tertiary/aromatic N) is 1. The van der Waals surface area contributed by atoms with Crippen LogP contribution in [0.3, 0.4) is 0 Å². The van der Waals surface area contributed by atoms with Crippen molar-refractivity contribution in [2.45, 2.75) is 13.0 Å². The molecule has 3 N–H and O–H groups in total. The highest BCUT2D eigenvalue weighted by Crippen LogP contribution is 2.11. The minimum absolute atomic E-state index is 0.0365. The number of primary amides is 1. The fraction of sp³-hybridized carbons (Fsp3) is 0.429. The van der Waals surface area contributed by atoms with Crippen molar-refractivity contribution < 1.29 is 9.63 Å². The van der Waals surface area contributed by atoms with E-state index in [0.717, 1.165) is 5.69 Å². The number of nitrogens with two attached hydrogens (primary N) is 1. The van der Waals surface area contributed by atoms with Crippen molar-refractivity contribution in [2.24, 2.45) is 5.73 Å². The van der Waals surface area contributed by atoms with E-state index >= 15 is 0 Å². The zero-order chi connectivity index (χ0) is 9.68. The van der Waals surface area contributed by atoms with E-state index in [1.54, 1.807) is 5.51 Å². The third kappa shape index (κ3) is 3.49. The minimum Gasteiger partial charge on any atom is -0.368 e. The first kappa shape index (κ1) is 10.1. The highest BCUT2D eigenvalue weighted by molar-refractivity contribution is 7.07. The smallest absolute Gasteiger partial charge is 0.245 e. The van der Waals surface area contributed by atoms with Crippen LogP contribution in [0.1, 0.15) is 18.7 Å². The molecule has 0 aliphatic rings. The Hall–Kier alpha value is -0.980. The Kier molecular flexibility index (Phi) is 3.81. The average Bonchev–Trinajstić information content (AvgIpc) is 2.55. The zero-order valence-corrected chi connectivity index (χ0v) is 8.00. The molecular formula is C7H11N3O2S. The molecule has 72 valence electrons. The standard InChI is InChI=1S/C7H11N3O2S/c1-5(6-3-13-4-9-6)10-12-2-7(8)11/h3-5,10H,2H2,1H3,(H2,8,11). The Bertz CT molecular complexity index is 263. The van der Waals surface area contributed by atoms with Crippen molar-refractivity contribution in [1.82, 2.24) is 10.5 Å². The van der Waals surface area contributed by atoms with Crippen molar-refractivity contribution in [1.29, 1.82) is 0 Å². The topological polar surface area (TPSA) is 77.2 Å². The molecule has 1 heterocycles. The number of carbonyl (C=O) groups is 1. The fourth-order valence-electron chi connectivity index (χ4n) is 0.734. The Labute approximate surface area is 79.9 Å². The van der Waals surface area contributed by atoms with Gasteiger partial charge in [0.25, 0.3) is 0 Å². The van der Waals surface area contributed by atoms with Crippen molar-refractivity contribution in [3.05, 3.63) is 16.6 Å². The predicted octanol–water partition coefficient (Wildman–Crippen LogP) is 0.211. The van der Waals surface area contributed by atoms with Crippen LogP contribution in [0.5, 0.6) is 0 Å². The fourth-order valence-corrected chi connectivity index (χ4v) is 1.38. The molecular weight excluding hydrogens is 190 g/mol. The molecule has 1 atom stereocenters. The monoisotopic (exact) mass is 201 g/mol. The van der Waals surface area contributed by atoms with Gasteiger partial charge in [0.15, 0.2) is 0 Å². The summed E-state index contributed by atoms with van der Waals surface area (Å²) in [6, 6.07) is -0.0365. The number of thiazole rings is 1. The van der Waals surface area contributed by atoms with Gasteiger partial charge in [-0.15, -0.1) is 11.3 Å². The number of nitrogens with one attached hydrogen (secondary N) is 1. The molecule has 0 radical (unpaired) electrons. The summed E-state index contributed by atoms with van der Waals surface area (Å²) >= 11 is 1.51. The Morgan fingerprint density at radius 2 is 2.69 bits per heavy atom. The molecule has 0 spiro atoms. The number of hydrogen-bond donors (Lipinski definition) is 2. The second-order valence-corrected chi connectivity index (χ2v) is 3.23. The summed E-state index contributed by atoms with van der Waals surface area (Å²) in [5, 5.41) is 1.91. The van der Waals surface area contributed by atoms with Gasteiger partial charge in [-0.25, -0.2) is 4.98 Å². The van der Waals surface area contributed by atoms with E-state index < -0.39 is 5.91 Å². The van der Waals surface area contributed by atoms with E-state index in [1.807, 2.05) is 12.3 Å². The SMILES string of the molecule is CC(NOCC(N)=O)c1cscn1. The zero-order valence-electron chi connectivity index (χ0n) is 7.19. The van der Waals surface area contributed by atoms with Crippen LogP contribution in [0.15, 0.2) is 10.9 Å². The second-order valence-electron chi connectivity index (χ2n) is 2.51. The first-order chi connectivity index (χ1) is 6.20. The third-order valence-corrected chi connectivity index (χ3v) is 1.97. The molecule has 1 unspecified atom stereocenters. The summed E-state index contributed by atoms with van der Waals surface area (Å²) in [4.78, 5) is 19.2. The van der Waals surface area contributed by atoms with Gasteiger partial charge in [0.2, 0.25) is 5.91 Å². The molecule has 0 aromatic carbocycles. The molecule has 1 amide bonds. The molecule has 0 fully saturated rings. The van der Waals surface area contributed by atoms with E-state index in [-0.39, 0.29) is 12.6 Å². The van der Waals surface area contributed by atoms with Gasteiger partial charge in [0.1, 0.15) is 6.61 Å². The maximum Gasteiger partial charge on any atom is 0.245 e. The largest absolute Gasteiger partial charge is 0.368 e. The molecule has 6 heteroatoms. The van der Waals surface area contributed by atoms with Crippen molar-refractivity contribution in [3.8, 4) is 0 Å². The molecule has 1 rings (SSSR count). The van der Waals surface area contributed by atoms with Gasteiger partial charge in [-0.2, -0.15) is 5.48 Å². The lowest BCUT2D eigenvalue weighted by Crippen LogP contribution is -2.26. The van der Waals surface area contributed by atoms with E-state index in [2.05, 4.69) is 10.5 Å². The summed E-state index contributed by atoms with van der Waals surface area (Å²) < 4.78 is 0. The highest BCUT2D eigenvalue weighted by atomic mass is 32.1. The van der Waals surface area contributed by atoms with Crippen LogP contribution in [0.2, 0.25) is 0 Å². The lowest BCUT2D eigenvalue weighted by molar-refractivity contribution is -0.126. The van der Waals surface area contributed by atoms with Gasteiger partial charge in [0.05, 0.1) is 17.2 Å². The Balaban J connectivity index is 2.26. The average molecular weight is 201 g/mol. The maximum absolute atomic E-state index is 10.3. The van der Waals surface area contributed by atoms with Crippen LogP contribution >= 0.6 is 11.3 Å². The van der Waals surface area contributed by atoms with Gasteiger partial charge in [0, 0.05) is 5.38 Å². The summed E-state index contributed by atoms with van der Waals surface area (Å²) in [6.45, 7) is 1.75. The maximum atomic E-state index is 10.3. The number of rotatable bonds is 5. The summed E-state index contributed by atoms with van der Waals surface area (Å²) in [7, 11) is 0. The van der Waals surface area contributed by atoms with Gasteiger partial charge >= 0.3 is 0 Å². The van der Waals surface area contributed by atoms with Crippen molar-refractivity contribution in [2.75, 3.05) is 6.61 Å². The van der Waals surface area contributed by atoms with E-state index in [9.17, 15) is 4.79 Å². The molecule has 1 aromatic rings.